The van der Waals surface area contributed by atoms with Crippen LogP contribution in [0.1, 0.15) is 51.9 Å². The summed E-state index contributed by atoms with van der Waals surface area (Å²) < 4.78 is 10.1. The molecule has 0 aromatic heterocycles. The van der Waals surface area contributed by atoms with Gasteiger partial charge < -0.3 is 19.7 Å². The maximum Gasteiger partial charge on any atom is 0.408 e. The van der Waals surface area contributed by atoms with Crippen molar-refractivity contribution in [3.05, 3.63) is 29.8 Å². The second-order valence-corrected chi connectivity index (χ2v) is 7.52. The lowest BCUT2D eigenvalue weighted by Gasteiger charge is -2.25. The Morgan fingerprint density at radius 2 is 1.70 bits per heavy atom. The molecule has 0 radical (unpaired) electrons. The predicted molar refractivity (Wildman–Crippen MR) is 104 cm³/mol. The van der Waals surface area contributed by atoms with Crippen molar-refractivity contribution in [3.63, 3.8) is 0 Å². The first-order chi connectivity index (χ1) is 12.5. The van der Waals surface area contributed by atoms with Crippen LogP contribution in [0.25, 0.3) is 0 Å². The van der Waals surface area contributed by atoms with Crippen LogP contribution in [0.4, 0.5) is 10.5 Å². The number of carbonyl (C=O) groups is 3. The smallest absolute Gasteiger partial charge is 0.408 e. The summed E-state index contributed by atoms with van der Waals surface area (Å²) in [6, 6.07) is 6.63. The molecule has 0 bridgehead atoms. The van der Waals surface area contributed by atoms with Gasteiger partial charge in [0.05, 0.1) is 12.2 Å². The minimum atomic E-state index is -0.641. The summed E-state index contributed by atoms with van der Waals surface area (Å²) in [5.74, 6) is -0.448. The Kier molecular flexibility index (Phi) is 8.28. The molecule has 0 spiro atoms. The SMILES string of the molecule is CCOC(=O)c1ccc(N(CC(C)C)C(=O)CNC(=O)OC(C)(C)C)cc1. The number of hydrogen-bond donors (Lipinski definition) is 1. The fourth-order valence-electron chi connectivity index (χ4n) is 2.27. The van der Waals surface area contributed by atoms with Crippen molar-refractivity contribution in [1.29, 1.82) is 0 Å². The molecule has 0 heterocycles. The molecule has 1 rings (SSSR count). The van der Waals surface area contributed by atoms with Gasteiger partial charge >= 0.3 is 12.1 Å². The third-order valence-electron chi connectivity index (χ3n) is 3.32. The van der Waals surface area contributed by atoms with E-state index in [9.17, 15) is 14.4 Å². The van der Waals surface area contributed by atoms with Crippen molar-refractivity contribution in [3.8, 4) is 0 Å². The molecule has 1 aromatic rings. The minimum absolute atomic E-state index is 0.179. The molecule has 0 aliphatic rings. The molecule has 150 valence electrons. The number of benzene rings is 1. The largest absolute Gasteiger partial charge is 0.462 e. The van der Waals surface area contributed by atoms with E-state index in [1.54, 1.807) is 56.9 Å². The van der Waals surface area contributed by atoms with Crippen LogP contribution in [-0.4, -0.2) is 43.3 Å². The monoisotopic (exact) mass is 378 g/mol. The Balaban J connectivity index is 2.84. The van der Waals surface area contributed by atoms with E-state index >= 15 is 0 Å². The second-order valence-electron chi connectivity index (χ2n) is 7.52. The molecule has 7 nitrogen and oxygen atoms in total. The average Bonchev–Trinajstić information content (AvgIpc) is 2.56. The number of hydrogen-bond acceptors (Lipinski definition) is 5. The molecule has 7 heteroatoms. The maximum absolute atomic E-state index is 12.6. The van der Waals surface area contributed by atoms with E-state index in [1.807, 2.05) is 13.8 Å². The molecule has 0 saturated carbocycles. The highest BCUT2D eigenvalue weighted by Gasteiger charge is 2.21. The van der Waals surface area contributed by atoms with E-state index < -0.39 is 17.7 Å². The molecule has 27 heavy (non-hydrogen) atoms. The van der Waals surface area contributed by atoms with Crippen LogP contribution >= 0.6 is 0 Å². The van der Waals surface area contributed by atoms with Crippen molar-refractivity contribution in [1.82, 2.24) is 5.32 Å². The van der Waals surface area contributed by atoms with Crippen molar-refractivity contribution in [2.45, 2.75) is 47.1 Å². The molecule has 0 unspecified atom stereocenters. The summed E-state index contributed by atoms with van der Waals surface area (Å²) in [6.45, 7) is 11.6. The summed E-state index contributed by atoms with van der Waals surface area (Å²) in [7, 11) is 0. The zero-order valence-electron chi connectivity index (χ0n) is 17.0. The third kappa shape index (κ3) is 8.11. The zero-order chi connectivity index (χ0) is 20.6. The van der Waals surface area contributed by atoms with Crippen LogP contribution in [0, 0.1) is 5.92 Å². The van der Waals surface area contributed by atoms with E-state index in [1.165, 1.54) is 0 Å². The van der Waals surface area contributed by atoms with Crippen LogP contribution in [0.5, 0.6) is 0 Å². The molecule has 0 atom stereocenters. The average molecular weight is 378 g/mol. The first kappa shape index (κ1) is 22.5. The number of amides is 2. The van der Waals surface area contributed by atoms with Gasteiger partial charge in [0.1, 0.15) is 12.1 Å². The quantitative estimate of drug-likeness (QED) is 0.735. The van der Waals surface area contributed by atoms with Gasteiger partial charge in [-0.2, -0.15) is 0 Å². The van der Waals surface area contributed by atoms with Crippen molar-refractivity contribution in [2.24, 2.45) is 5.92 Å². The lowest BCUT2D eigenvalue weighted by molar-refractivity contribution is -0.118. The van der Waals surface area contributed by atoms with Gasteiger partial charge in [-0.25, -0.2) is 9.59 Å². The molecule has 0 aliphatic carbocycles. The molecule has 1 aromatic carbocycles. The van der Waals surface area contributed by atoms with Gasteiger partial charge in [-0.3, -0.25) is 4.79 Å². The zero-order valence-corrected chi connectivity index (χ0v) is 17.0. The Morgan fingerprint density at radius 3 is 2.19 bits per heavy atom. The Labute approximate surface area is 161 Å². The topological polar surface area (TPSA) is 84.9 Å². The first-order valence-corrected chi connectivity index (χ1v) is 9.08. The fourth-order valence-corrected chi connectivity index (χ4v) is 2.27. The van der Waals surface area contributed by atoms with E-state index in [0.717, 1.165) is 0 Å². The molecule has 2 amide bonds. The Bertz CT molecular complexity index is 647. The molecular formula is C20H30N2O5. The Morgan fingerprint density at radius 1 is 1.11 bits per heavy atom. The highest BCUT2D eigenvalue weighted by atomic mass is 16.6. The standard InChI is InChI=1S/C20H30N2O5/c1-7-26-18(24)15-8-10-16(11-9-15)22(13-14(2)3)17(23)12-21-19(25)27-20(4,5)6/h8-11,14H,7,12-13H2,1-6H3,(H,21,25). The number of nitrogens with zero attached hydrogens (tertiary/aromatic N) is 1. The van der Waals surface area contributed by atoms with Crippen LogP contribution in [0.3, 0.4) is 0 Å². The van der Waals surface area contributed by atoms with Crippen molar-refractivity contribution >= 4 is 23.7 Å². The maximum atomic E-state index is 12.6. The predicted octanol–water partition coefficient (Wildman–Crippen LogP) is 3.38. The molecule has 0 fully saturated rings. The number of esters is 1. The van der Waals surface area contributed by atoms with E-state index in [2.05, 4.69) is 5.32 Å². The second kappa shape index (κ2) is 9.94. The fraction of sp³-hybridized carbons (Fsp3) is 0.550. The van der Waals surface area contributed by atoms with Crippen molar-refractivity contribution in [2.75, 3.05) is 24.6 Å². The lowest BCUT2D eigenvalue weighted by Crippen LogP contribution is -2.43. The Hall–Kier alpha value is -2.57. The highest BCUT2D eigenvalue weighted by Crippen LogP contribution is 2.18. The summed E-state index contributed by atoms with van der Waals surface area (Å²) in [4.78, 5) is 37.7. The van der Waals surface area contributed by atoms with Gasteiger partial charge in [0, 0.05) is 12.2 Å². The lowest BCUT2D eigenvalue weighted by atomic mass is 10.1. The van der Waals surface area contributed by atoms with Gasteiger partial charge in [-0.1, -0.05) is 13.8 Å². The number of ether oxygens (including phenoxy) is 2. The summed E-state index contributed by atoms with van der Waals surface area (Å²) in [6.07, 6.45) is -0.641. The summed E-state index contributed by atoms with van der Waals surface area (Å²) in [5.41, 5.74) is 0.436. The number of alkyl carbamates (subject to hydrolysis) is 1. The van der Waals surface area contributed by atoms with Gasteiger partial charge in [-0.05, 0) is 57.9 Å². The molecular weight excluding hydrogens is 348 g/mol. The third-order valence-corrected chi connectivity index (χ3v) is 3.32. The minimum Gasteiger partial charge on any atom is -0.462 e. The van der Waals surface area contributed by atoms with E-state index in [0.29, 0.717) is 24.4 Å². The van der Waals surface area contributed by atoms with Gasteiger partial charge in [0.15, 0.2) is 0 Å². The van der Waals surface area contributed by atoms with Crippen LogP contribution in [-0.2, 0) is 14.3 Å². The first-order valence-electron chi connectivity index (χ1n) is 9.08. The number of anilines is 1. The summed E-state index contributed by atoms with van der Waals surface area (Å²) >= 11 is 0. The molecule has 1 N–H and O–H groups in total. The molecule has 0 aliphatic heterocycles. The van der Waals surface area contributed by atoms with Gasteiger partial charge in [0.25, 0.3) is 0 Å². The van der Waals surface area contributed by atoms with Crippen LogP contribution < -0.4 is 10.2 Å². The highest BCUT2D eigenvalue weighted by molar-refractivity contribution is 5.97. The van der Waals surface area contributed by atoms with E-state index in [4.69, 9.17) is 9.47 Å². The van der Waals surface area contributed by atoms with Gasteiger partial charge in [0.2, 0.25) is 5.91 Å². The number of carbonyl (C=O) groups excluding carboxylic acids is 3. The summed E-state index contributed by atoms with van der Waals surface area (Å²) in [5, 5.41) is 2.48. The normalized spacial score (nSPS) is 11.1. The number of nitrogens with one attached hydrogen (secondary N) is 1. The molecule has 0 saturated heterocycles. The van der Waals surface area contributed by atoms with Gasteiger partial charge in [-0.15, -0.1) is 0 Å². The van der Waals surface area contributed by atoms with Crippen LogP contribution in [0.15, 0.2) is 24.3 Å². The van der Waals surface area contributed by atoms with Crippen molar-refractivity contribution < 1.29 is 23.9 Å². The number of rotatable bonds is 7. The van der Waals surface area contributed by atoms with E-state index in [-0.39, 0.29) is 18.4 Å². The van der Waals surface area contributed by atoms with Crippen LogP contribution in [0.2, 0.25) is 0 Å².